The van der Waals surface area contributed by atoms with E-state index in [2.05, 4.69) is 24.5 Å². The van der Waals surface area contributed by atoms with E-state index < -0.39 is 0 Å². The van der Waals surface area contributed by atoms with Gasteiger partial charge in [-0.25, -0.2) is 0 Å². The van der Waals surface area contributed by atoms with E-state index in [-0.39, 0.29) is 11.4 Å². The maximum Gasteiger partial charge on any atom is 0.220 e. The molecule has 1 amide bonds. The van der Waals surface area contributed by atoms with E-state index in [1.807, 2.05) is 7.05 Å². The van der Waals surface area contributed by atoms with Crippen molar-refractivity contribution >= 4 is 5.91 Å². The van der Waals surface area contributed by atoms with Crippen molar-refractivity contribution in [3.8, 4) is 0 Å². The summed E-state index contributed by atoms with van der Waals surface area (Å²) in [6, 6.07) is 0. The number of rotatable bonds is 8. The summed E-state index contributed by atoms with van der Waals surface area (Å²) < 4.78 is 0. The van der Waals surface area contributed by atoms with Crippen LogP contribution in [0.15, 0.2) is 0 Å². The van der Waals surface area contributed by atoms with E-state index in [1.54, 1.807) is 0 Å². The van der Waals surface area contributed by atoms with E-state index >= 15 is 0 Å². The second-order valence-corrected chi connectivity index (χ2v) is 4.05. The fourth-order valence-corrected chi connectivity index (χ4v) is 1.29. The van der Waals surface area contributed by atoms with Crippen LogP contribution >= 0.6 is 0 Å². The molecule has 0 bridgehead atoms. The largest absolute Gasteiger partial charge is 0.354 e. The van der Waals surface area contributed by atoms with Crippen molar-refractivity contribution in [1.82, 2.24) is 10.6 Å². The lowest BCUT2D eigenvalue weighted by Crippen LogP contribution is -2.49. The smallest absolute Gasteiger partial charge is 0.220 e. The fraction of sp³-hybridized carbons (Fsp3) is 0.909. The third kappa shape index (κ3) is 6.47. The van der Waals surface area contributed by atoms with Crippen LogP contribution < -0.4 is 16.4 Å². The molecular weight excluding hydrogens is 190 g/mol. The zero-order valence-electron chi connectivity index (χ0n) is 10.2. The molecule has 0 aromatic carbocycles. The molecule has 0 aromatic rings. The molecule has 90 valence electrons. The monoisotopic (exact) mass is 215 g/mol. The van der Waals surface area contributed by atoms with E-state index in [1.165, 1.54) is 0 Å². The highest BCUT2D eigenvalue weighted by Gasteiger charge is 2.20. The molecule has 0 radical (unpaired) electrons. The molecule has 0 unspecified atom stereocenters. The van der Waals surface area contributed by atoms with Gasteiger partial charge in [0.2, 0.25) is 5.91 Å². The molecule has 0 saturated carbocycles. The van der Waals surface area contributed by atoms with Crippen LogP contribution in [-0.2, 0) is 4.79 Å². The first-order chi connectivity index (χ1) is 7.08. The van der Waals surface area contributed by atoms with Crippen LogP contribution in [0.1, 0.15) is 39.5 Å². The van der Waals surface area contributed by atoms with Gasteiger partial charge in [-0.15, -0.1) is 0 Å². The number of carbonyl (C=O) groups excluding carboxylic acids is 1. The maximum atomic E-state index is 11.4. The first kappa shape index (κ1) is 14.4. The van der Waals surface area contributed by atoms with Crippen molar-refractivity contribution in [2.24, 2.45) is 5.73 Å². The van der Waals surface area contributed by atoms with Crippen molar-refractivity contribution in [1.29, 1.82) is 0 Å². The van der Waals surface area contributed by atoms with Crippen molar-refractivity contribution in [3.63, 3.8) is 0 Å². The number of hydrogen-bond donors (Lipinski definition) is 3. The summed E-state index contributed by atoms with van der Waals surface area (Å²) in [5.41, 5.74) is 5.84. The van der Waals surface area contributed by atoms with Gasteiger partial charge in [0.15, 0.2) is 0 Å². The van der Waals surface area contributed by atoms with Crippen molar-refractivity contribution in [3.05, 3.63) is 0 Å². The zero-order valence-corrected chi connectivity index (χ0v) is 10.2. The maximum absolute atomic E-state index is 11.4. The highest BCUT2D eigenvalue weighted by Crippen LogP contribution is 2.09. The molecule has 0 atom stereocenters. The normalized spacial score (nSPS) is 11.5. The Morgan fingerprint density at radius 1 is 1.33 bits per heavy atom. The van der Waals surface area contributed by atoms with Gasteiger partial charge in [0.05, 0.1) is 0 Å². The molecule has 0 aliphatic rings. The Balaban J connectivity index is 3.69. The SMILES string of the molecule is CCC(N)(CC)CNC(=O)CCCNC. The number of carbonyl (C=O) groups is 1. The highest BCUT2D eigenvalue weighted by atomic mass is 16.1. The van der Waals surface area contributed by atoms with Crippen LogP contribution in [-0.4, -0.2) is 31.6 Å². The van der Waals surface area contributed by atoms with Crippen molar-refractivity contribution < 1.29 is 4.79 Å². The van der Waals surface area contributed by atoms with Crippen LogP contribution in [0.4, 0.5) is 0 Å². The molecule has 0 aliphatic carbocycles. The van der Waals surface area contributed by atoms with Gasteiger partial charge in [0.25, 0.3) is 0 Å². The summed E-state index contributed by atoms with van der Waals surface area (Å²) in [4.78, 5) is 11.4. The van der Waals surface area contributed by atoms with Gasteiger partial charge in [-0.2, -0.15) is 0 Å². The van der Waals surface area contributed by atoms with Crippen LogP contribution in [0.5, 0.6) is 0 Å². The van der Waals surface area contributed by atoms with Gasteiger partial charge >= 0.3 is 0 Å². The molecule has 15 heavy (non-hydrogen) atoms. The Bertz CT molecular complexity index is 179. The minimum atomic E-state index is -0.237. The lowest BCUT2D eigenvalue weighted by atomic mass is 9.94. The highest BCUT2D eigenvalue weighted by molar-refractivity contribution is 5.75. The molecule has 4 heteroatoms. The number of nitrogens with one attached hydrogen (secondary N) is 2. The molecule has 0 aliphatic heterocycles. The molecule has 0 heterocycles. The topological polar surface area (TPSA) is 67.1 Å². The standard InChI is InChI=1S/C11H25N3O/c1-4-11(12,5-2)9-14-10(15)7-6-8-13-3/h13H,4-9,12H2,1-3H3,(H,14,15). The van der Waals surface area contributed by atoms with E-state index in [0.29, 0.717) is 13.0 Å². The van der Waals surface area contributed by atoms with E-state index in [4.69, 9.17) is 5.73 Å². The fourth-order valence-electron chi connectivity index (χ4n) is 1.29. The molecule has 4 N–H and O–H groups in total. The van der Waals surface area contributed by atoms with Crippen molar-refractivity contribution in [2.45, 2.75) is 45.1 Å². The molecule has 0 fully saturated rings. The van der Waals surface area contributed by atoms with E-state index in [9.17, 15) is 4.79 Å². The second-order valence-electron chi connectivity index (χ2n) is 4.05. The summed E-state index contributed by atoms with van der Waals surface area (Å²) in [5.74, 6) is 0.0991. The quantitative estimate of drug-likeness (QED) is 0.520. The number of amides is 1. The Labute approximate surface area is 93.0 Å². The summed E-state index contributed by atoms with van der Waals surface area (Å²) >= 11 is 0. The molecule has 0 saturated heterocycles. The molecular formula is C11H25N3O. The van der Waals surface area contributed by atoms with Gasteiger partial charge in [0, 0.05) is 18.5 Å². The Kier molecular flexibility index (Phi) is 7.34. The van der Waals surface area contributed by atoms with E-state index in [0.717, 1.165) is 25.8 Å². The predicted octanol–water partition coefficient (Wildman–Crippen LogP) is 0.620. The van der Waals surface area contributed by atoms with Gasteiger partial charge in [-0.05, 0) is 32.9 Å². The van der Waals surface area contributed by atoms with Gasteiger partial charge in [-0.3, -0.25) is 4.79 Å². The minimum absolute atomic E-state index is 0.0991. The third-order valence-corrected chi connectivity index (χ3v) is 2.88. The zero-order chi connectivity index (χ0) is 11.7. The van der Waals surface area contributed by atoms with Crippen LogP contribution in [0.2, 0.25) is 0 Å². The third-order valence-electron chi connectivity index (χ3n) is 2.88. The number of hydrogen-bond acceptors (Lipinski definition) is 3. The van der Waals surface area contributed by atoms with Crippen LogP contribution in [0.25, 0.3) is 0 Å². The number of nitrogens with two attached hydrogens (primary N) is 1. The summed E-state index contributed by atoms with van der Waals surface area (Å²) in [5, 5.41) is 5.91. The molecule has 0 rings (SSSR count). The van der Waals surface area contributed by atoms with Gasteiger partial charge < -0.3 is 16.4 Å². The predicted molar refractivity (Wildman–Crippen MR) is 63.7 cm³/mol. The first-order valence-corrected chi connectivity index (χ1v) is 5.78. The molecule has 0 spiro atoms. The minimum Gasteiger partial charge on any atom is -0.354 e. The average Bonchev–Trinajstić information content (AvgIpc) is 2.26. The summed E-state index contributed by atoms with van der Waals surface area (Å²) in [7, 11) is 1.89. The van der Waals surface area contributed by atoms with Gasteiger partial charge in [0.1, 0.15) is 0 Å². The first-order valence-electron chi connectivity index (χ1n) is 5.78. The second kappa shape index (κ2) is 7.65. The van der Waals surface area contributed by atoms with Gasteiger partial charge in [-0.1, -0.05) is 13.8 Å². The van der Waals surface area contributed by atoms with Crippen LogP contribution in [0.3, 0.4) is 0 Å². The van der Waals surface area contributed by atoms with Crippen molar-refractivity contribution in [2.75, 3.05) is 20.1 Å². The Morgan fingerprint density at radius 3 is 2.40 bits per heavy atom. The molecule has 4 nitrogen and oxygen atoms in total. The lowest BCUT2D eigenvalue weighted by Gasteiger charge is -2.26. The Hall–Kier alpha value is -0.610. The summed E-state index contributed by atoms with van der Waals surface area (Å²) in [6.45, 7) is 5.56. The Morgan fingerprint density at radius 2 is 1.93 bits per heavy atom. The van der Waals surface area contributed by atoms with Crippen LogP contribution in [0, 0.1) is 0 Å². The molecule has 0 aromatic heterocycles. The average molecular weight is 215 g/mol. The lowest BCUT2D eigenvalue weighted by molar-refractivity contribution is -0.121. The summed E-state index contributed by atoms with van der Waals surface area (Å²) in [6.07, 6.45) is 3.23.